The van der Waals surface area contributed by atoms with E-state index >= 15 is 0 Å². The first-order valence-corrected chi connectivity index (χ1v) is 6.30. The Kier molecular flexibility index (Phi) is 5.24. The Morgan fingerprint density at radius 1 is 1.16 bits per heavy atom. The van der Waals surface area contributed by atoms with Crippen LogP contribution in [0.2, 0.25) is 0 Å². The van der Waals surface area contributed by atoms with Crippen molar-refractivity contribution in [2.45, 2.75) is 32.6 Å². The third-order valence-electron chi connectivity index (χ3n) is 3.33. The maximum absolute atomic E-state index is 11.7. The number of carbonyl (C=O) groups is 2. The monoisotopic (exact) mass is 264 g/mol. The highest BCUT2D eigenvalue weighted by Crippen LogP contribution is 2.26. The molecule has 19 heavy (non-hydrogen) atoms. The fourth-order valence-corrected chi connectivity index (χ4v) is 1.63. The number of Topliss-reactive ketones (excluding diaryl/α,β-unsaturated/α-hetero) is 1. The molecule has 104 valence electrons. The molecule has 0 saturated heterocycles. The summed E-state index contributed by atoms with van der Waals surface area (Å²) in [4.78, 5) is 22.0. The summed E-state index contributed by atoms with van der Waals surface area (Å²) >= 11 is 0. The summed E-state index contributed by atoms with van der Waals surface area (Å²) in [6.45, 7) is 5.77. The molecule has 1 N–H and O–H groups in total. The number of carboxylic acids is 1. The normalized spacial score (nSPS) is 11.3. The molecular formula is C15H20O4. The van der Waals surface area contributed by atoms with Crippen LogP contribution in [0.3, 0.4) is 0 Å². The summed E-state index contributed by atoms with van der Waals surface area (Å²) in [5.41, 5.74) is 1.81. The number of rotatable bonds is 7. The summed E-state index contributed by atoms with van der Waals surface area (Å²) in [6.07, 6.45) is 1.02. The Bertz CT molecular complexity index is 446. The van der Waals surface area contributed by atoms with Crippen LogP contribution < -0.4 is 0 Å². The van der Waals surface area contributed by atoms with Crippen LogP contribution in [0.25, 0.3) is 0 Å². The lowest BCUT2D eigenvalue weighted by Gasteiger charge is -2.23. The van der Waals surface area contributed by atoms with Gasteiger partial charge < -0.3 is 9.84 Å². The zero-order valence-electron chi connectivity index (χ0n) is 11.6. The van der Waals surface area contributed by atoms with Gasteiger partial charge in [0, 0.05) is 5.56 Å². The summed E-state index contributed by atoms with van der Waals surface area (Å²) in [6, 6.07) is 7.40. The second kappa shape index (κ2) is 6.48. The molecule has 0 aromatic heterocycles. The molecule has 0 spiro atoms. The summed E-state index contributed by atoms with van der Waals surface area (Å²) in [5, 5.41) is 8.41. The van der Waals surface area contributed by atoms with E-state index in [-0.39, 0.29) is 17.8 Å². The minimum Gasteiger partial charge on any atom is -0.480 e. The van der Waals surface area contributed by atoms with Crippen LogP contribution in [0.5, 0.6) is 0 Å². The number of carboxylic acid groups (broad SMARTS) is 1. The highest BCUT2D eigenvalue weighted by Gasteiger charge is 2.18. The van der Waals surface area contributed by atoms with Crippen LogP contribution in [-0.2, 0) is 14.9 Å². The second-order valence-electron chi connectivity index (χ2n) is 5.12. The molecule has 0 amide bonds. The molecule has 1 aromatic rings. The van der Waals surface area contributed by atoms with Gasteiger partial charge in [0.25, 0.3) is 0 Å². The van der Waals surface area contributed by atoms with Crippen molar-refractivity contribution in [2.24, 2.45) is 0 Å². The predicted molar refractivity (Wildman–Crippen MR) is 72.5 cm³/mol. The van der Waals surface area contributed by atoms with Gasteiger partial charge in [-0.1, -0.05) is 45.0 Å². The molecule has 0 aliphatic carbocycles. The molecule has 0 fully saturated rings. The predicted octanol–water partition coefficient (Wildman–Crippen LogP) is 2.66. The first-order chi connectivity index (χ1) is 8.86. The van der Waals surface area contributed by atoms with E-state index in [1.165, 1.54) is 5.56 Å². The first-order valence-electron chi connectivity index (χ1n) is 6.30. The van der Waals surface area contributed by atoms with E-state index < -0.39 is 12.6 Å². The Hall–Kier alpha value is -1.68. The maximum atomic E-state index is 11.7. The highest BCUT2D eigenvalue weighted by molar-refractivity contribution is 5.97. The van der Waals surface area contributed by atoms with Gasteiger partial charge in [-0.15, -0.1) is 0 Å². The Morgan fingerprint density at radius 3 is 2.21 bits per heavy atom. The standard InChI is InChI=1S/C15H20O4/c1-4-15(2,3)12-7-5-11(6-8-12)13(16)9-19-10-14(17)18/h5-8H,4,9-10H2,1-3H3,(H,17,18). The molecule has 0 saturated carbocycles. The average Bonchev–Trinajstić information content (AvgIpc) is 2.38. The average molecular weight is 264 g/mol. The number of benzene rings is 1. The molecule has 0 aliphatic rings. The Morgan fingerprint density at radius 2 is 1.74 bits per heavy atom. The van der Waals surface area contributed by atoms with Gasteiger partial charge in [-0.3, -0.25) is 4.79 Å². The van der Waals surface area contributed by atoms with Gasteiger partial charge in [-0.25, -0.2) is 4.79 Å². The van der Waals surface area contributed by atoms with E-state index in [9.17, 15) is 9.59 Å². The number of ether oxygens (including phenoxy) is 1. The van der Waals surface area contributed by atoms with E-state index in [4.69, 9.17) is 9.84 Å². The van der Waals surface area contributed by atoms with Crippen molar-refractivity contribution in [1.29, 1.82) is 0 Å². The minimum atomic E-state index is -1.08. The molecule has 0 aliphatic heterocycles. The van der Waals surface area contributed by atoms with Crippen LogP contribution in [-0.4, -0.2) is 30.1 Å². The van der Waals surface area contributed by atoms with Gasteiger partial charge in [-0.2, -0.15) is 0 Å². The number of hydrogen-bond acceptors (Lipinski definition) is 3. The molecular weight excluding hydrogens is 244 g/mol. The molecule has 4 heteroatoms. The third kappa shape index (κ3) is 4.48. The van der Waals surface area contributed by atoms with Gasteiger partial charge in [0.1, 0.15) is 13.2 Å². The van der Waals surface area contributed by atoms with E-state index in [2.05, 4.69) is 20.8 Å². The van der Waals surface area contributed by atoms with Crippen molar-refractivity contribution >= 4 is 11.8 Å². The lowest BCUT2D eigenvalue weighted by Crippen LogP contribution is -2.17. The van der Waals surface area contributed by atoms with Crippen LogP contribution in [0.1, 0.15) is 43.1 Å². The van der Waals surface area contributed by atoms with Gasteiger partial charge in [-0.05, 0) is 17.4 Å². The number of aliphatic carboxylic acids is 1. The van der Waals surface area contributed by atoms with Crippen molar-refractivity contribution < 1.29 is 19.4 Å². The molecule has 0 unspecified atom stereocenters. The fourth-order valence-electron chi connectivity index (χ4n) is 1.63. The quantitative estimate of drug-likeness (QED) is 0.769. The molecule has 1 rings (SSSR count). The van der Waals surface area contributed by atoms with E-state index in [0.717, 1.165) is 6.42 Å². The smallest absolute Gasteiger partial charge is 0.329 e. The Labute approximate surface area is 113 Å². The largest absolute Gasteiger partial charge is 0.480 e. The molecule has 0 bridgehead atoms. The molecule has 1 aromatic carbocycles. The van der Waals surface area contributed by atoms with Crippen molar-refractivity contribution in [3.05, 3.63) is 35.4 Å². The van der Waals surface area contributed by atoms with Crippen molar-refractivity contribution in [3.63, 3.8) is 0 Å². The molecule has 0 radical (unpaired) electrons. The van der Waals surface area contributed by atoms with E-state index in [1.54, 1.807) is 12.1 Å². The second-order valence-corrected chi connectivity index (χ2v) is 5.12. The van der Waals surface area contributed by atoms with Gasteiger partial charge in [0.15, 0.2) is 5.78 Å². The SMILES string of the molecule is CCC(C)(C)c1ccc(C(=O)COCC(=O)O)cc1. The summed E-state index contributed by atoms with van der Waals surface area (Å²) in [7, 11) is 0. The van der Waals surface area contributed by atoms with Crippen LogP contribution in [0.4, 0.5) is 0 Å². The summed E-state index contributed by atoms with van der Waals surface area (Å²) < 4.78 is 4.78. The number of carbonyl (C=O) groups excluding carboxylic acids is 1. The lowest BCUT2D eigenvalue weighted by molar-refractivity contribution is -0.141. The van der Waals surface area contributed by atoms with E-state index in [1.807, 2.05) is 12.1 Å². The first kappa shape index (κ1) is 15.4. The number of hydrogen-bond donors (Lipinski definition) is 1. The summed E-state index contributed by atoms with van der Waals surface area (Å²) in [5.74, 6) is -1.28. The third-order valence-corrected chi connectivity index (χ3v) is 3.33. The van der Waals surface area contributed by atoms with Crippen molar-refractivity contribution in [3.8, 4) is 0 Å². The van der Waals surface area contributed by atoms with Gasteiger partial charge in [0.05, 0.1) is 0 Å². The van der Waals surface area contributed by atoms with Gasteiger partial charge >= 0.3 is 5.97 Å². The molecule has 0 heterocycles. The van der Waals surface area contributed by atoms with Crippen molar-refractivity contribution in [2.75, 3.05) is 13.2 Å². The lowest BCUT2D eigenvalue weighted by atomic mass is 9.82. The number of ketones is 1. The van der Waals surface area contributed by atoms with Crippen LogP contribution in [0.15, 0.2) is 24.3 Å². The zero-order chi connectivity index (χ0) is 14.5. The molecule has 4 nitrogen and oxygen atoms in total. The van der Waals surface area contributed by atoms with Crippen LogP contribution >= 0.6 is 0 Å². The van der Waals surface area contributed by atoms with Crippen LogP contribution in [0, 0.1) is 0 Å². The van der Waals surface area contributed by atoms with E-state index in [0.29, 0.717) is 5.56 Å². The van der Waals surface area contributed by atoms with Crippen molar-refractivity contribution in [1.82, 2.24) is 0 Å². The topological polar surface area (TPSA) is 63.6 Å². The highest BCUT2D eigenvalue weighted by atomic mass is 16.5. The Balaban J connectivity index is 2.66. The minimum absolute atomic E-state index is 0.0847. The fraction of sp³-hybridized carbons (Fsp3) is 0.467. The maximum Gasteiger partial charge on any atom is 0.329 e. The van der Waals surface area contributed by atoms with Gasteiger partial charge in [0.2, 0.25) is 0 Å². The molecule has 0 atom stereocenters. The zero-order valence-corrected chi connectivity index (χ0v) is 11.6.